The van der Waals surface area contributed by atoms with Crippen LogP contribution in [0.4, 0.5) is 5.69 Å². The molecule has 0 radical (unpaired) electrons. The van der Waals surface area contributed by atoms with Gasteiger partial charge in [0, 0.05) is 38.3 Å². The average molecular weight is 707 g/mol. The van der Waals surface area contributed by atoms with E-state index in [-0.39, 0.29) is 70.0 Å². The molecule has 0 aliphatic carbocycles. The zero-order valence-electron chi connectivity index (χ0n) is 28.2. The van der Waals surface area contributed by atoms with Crippen LogP contribution in [0.3, 0.4) is 0 Å². The lowest BCUT2D eigenvalue weighted by Gasteiger charge is -2.35. The average Bonchev–Trinajstić information content (AvgIpc) is 3.40. The molecule has 2 aromatic carbocycles. The molecule has 1 aliphatic rings. The molecule has 4 rings (SSSR count). The van der Waals surface area contributed by atoms with Crippen LogP contribution in [-0.4, -0.2) is 93.8 Å². The fraction of sp³-hybridized carbons (Fsp3) is 0.515. The summed E-state index contributed by atoms with van der Waals surface area (Å²) in [6, 6.07) is 12.0. The van der Waals surface area contributed by atoms with Gasteiger partial charge in [0.05, 0.1) is 35.3 Å². The molecule has 0 saturated heterocycles. The summed E-state index contributed by atoms with van der Waals surface area (Å²) in [5.74, 6) is -0.467. The predicted octanol–water partition coefficient (Wildman–Crippen LogP) is 4.21. The van der Waals surface area contributed by atoms with Gasteiger partial charge in [0.15, 0.2) is 10.7 Å². The number of aromatic nitrogens is 1. The highest BCUT2D eigenvalue weighted by molar-refractivity contribution is 7.92. The van der Waals surface area contributed by atoms with Crippen molar-refractivity contribution in [3.63, 3.8) is 0 Å². The molecule has 0 fully saturated rings. The summed E-state index contributed by atoms with van der Waals surface area (Å²) in [6.07, 6.45) is 1.24. The van der Waals surface area contributed by atoms with Crippen molar-refractivity contribution in [1.29, 1.82) is 0 Å². The molecule has 4 atom stereocenters. The number of amides is 1. The molecule has 13 nitrogen and oxygen atoms in total. The molecule has 3 aromatic rings. The smallest absolute Gasteiger partial charge is 0.267 e. The molecule has 0 spiro atoms. The van der Waals surface area contributed by atoms with Crippen LogP contribution in [0.5, 0.6) is 5.75 Å². The molecule has 1 aromatic heterocycles. The maximum Gasteiger partial charge on any atom is 0.267 e. The van der Waals surface area contributed by atoms with Crippen LogP contribution in [0.1, 0.15) is 61.8 Å². The van der Waals surface area contributed by atoms with Gasteiger partial charge in [-0.3, -0.25) is 9.52 Å². The van der Waals surface area contributed by atoms with Gasteiger partial charge < -0.3 is 24.0 Å². The van der Waals surface area contributed by atoms with Crippen molar-refractivity contribution in [3.8, 4) is 5.75 Å². The van der Waals surface area contributed by atoms with Gasteiger partial charge in [-0.05, 0) is 77.3 Å². The van der Waals surface area contributed by atoms with Crippen molar-refractivity contribution >= 4 is 31.6 Å². The van der Waals surface area contributed by atoms with E-state index in [2.05, 4.69) is 9.88 Å². The van der Waals surface area contributed by atoms with E-state index in [0.717, 1.165) is 6.42 Å². The topological polar surface area (TPSA) is 169 Å². The van der Waals surface area contributed by atoms with Crippen LogP contribution < -0.4 is 9.46 Å². The minimum atomic E-state index is -4.11. The predicted molar refractivity (Wildman–Crippen MR) is 180 cm³/mol. The largest absolute Gasteiger partial charge is 0.490 e. The van der Waals surface area contributed by atoms with Crippen LogP contribution in [0.15, 0.2) is 62.8 Å². The number of rotatable bonds is 9. The van der Waals surface area contributed by atoms with Crippen LogP contribution in [0, 0.1) is 19.8 Å². The number of carbonyl (C=O) groups is 1. The normalized spacial score (nSPS) is 20.9. The summed E-state index contributed by atoms with van der Waals surface area (Å²) in [7, 11) is -6.41. The van der Waals surface area contributed by atoms with Crippen LogP contribution in [-0.2, 0) is 24.8 Å². The van der Waals surface area contributed by atoms with E-state index in [4.69, 9.17) is 14.0 Å². The fourth-order valence-electron chi connectivity index (χ4n) is 5.64. The minimum absolute atomic E-state index is 0.0393. The summed E-state index contributed by atoms with van der Waals surface area (Å²) in [4.78, 5) is 15.9. The van der Waals surface area contributed by atoms with Gasteiger partial charge in [-0.15, -0.1) is 0 Å². The Morgan fingerprint density at radius 3 is 2.44 bits per heavy atom. The lowest BCUT2D eigenvalue weighted by molar-refractivity contribution is -0.00833. The molecule has 0 saturated carbocycles. The first kappa shape index (κ1) is 37.3. The first-order chi connectivity index (χ1) is 22.6. The summed E-state index contributed by atoms with van der Waals surface area (Å²) in [5.41, 5.74) is 0.423. The first-order valence-corrected chi connectivity index (χ1v) is 18.9. The number of aliphatic hydroxyl groups excluding tert-OH is 1. The second-order valence-corrected chi connectivity index (χ2v) is 16.0. The zero-order valence-corrected chi connectivity index (χ0v) is 29.9. The van der Waals surface area contributed by atoms with E-state index in [0.29, 0.717) is 19.4 Å². The lowest BCUT2D eigenvalue weighted by Crippen LogP contribution is -2.48. The molecule has 48 heavy (non-hydrogen) atoms. The third-order valence-corrected chi connectivity index (χ3v) is 11.9. The Bertz CT molecular complexity index is 1740. The number of aliphatic hydroxyl groups is 1. The molecule has 1 amide bonds. The summed E-state index contributed by atoms with van der Waals surface area (Å²) in [5, 5.41) is 14.0. The van der Waals surface area contributed by atoms with Gasteiger partial charge in [-0.1, -0.05) is 30.3 Å². The van der Waals surface area contributed by atoms with Gasteiger partial charge in [0.25, 0.3) is 15.9 Å². The quantitative estimate of drug-likeness (QED) is 0.329. The second kappa shape index (κ2) is 15.8. The number of hydrogen-bond acceptors (Lipinski definition) is 10. The zero-order chi connectivity index (χ0) is 35.2. The van der Waals surface area contributed by atoms with Crippen LogP contribution in [0.25, 0.3) is 0 Å². The van der Waals surface area contributed by atoms with Crippen molar-refractivity contribution in [2.75, 3.05) is 38.1 Å². The van der Waals surface area contributed by atoms with Gasteiger partial charge >= 0.3 is 0 Å². The Morgan fingerprint density at radius 2 is 1.79 bits per heavy atom. The number of hydrogen-bond donors (Lipinski definition) is 2. The van der Waals surface area contributed by atoms with E-state index >= 15 is 0 Å². The van der Waals surface area contributed by atoms with E-state index in [9.17, 15) is 26.7 Å². The molecule has 0 bridgehead atoms. The molecule has 264 valence electrons. The molecular weight excluding hydrogens is 661 g/mol. The number of likely N-dealkylation sites (N-methyl/N-ethyl adjacent to an activating group) is 1. The highest BCUT2D eigenvalue weighted by atomic mass is 32.2. The highest BCUT2D eigenvalue weighted by Gasteiger charge is 2.33. The number of anilines is 1. The number of carbonyl (C=O) groups excluding carboxylic acids is 1. The number of fused-ring (bicyclic) bond motifs is 1. The Morgan fingerprint density at radius 1 is 1.08 bits per heavy atom. The lowest BCUT2D eigenvalue weighted by atomic mass is 10.0. The SMILES string of the molecule is Cc1noc(C)c1S(=O)(=O)Nc1ccc2c(c1)C(=O)N([C@@H](C)CO)C[C@H](C)[C@@H](CN(C)S(=O)(=O)c1ccccc1)OCCCC[C@@H](C)O2. The molecule has 2 N–H and O–H groups in total. The molecule has 2 heterocycles. The Hall–Kier alpha value is -3.50. The van der Waals surface area contributed by atoms with Gasteiger partial charge in [-0.25, -0.2) is 16.8 Å². The van der Waals surface area contributed by atoms with Crippen molar-refractivity contribution in [2.45, 2.75) is 81.9 Å². The molecular formula is C33H46N4O9S2. The van der Waals surface area contributed by atoms with Crippen molar-refractivity contribution < 1.29 is 40.7 Å². The van der Waals surface area contributed by atoms with Crippen molar-refractivity contribution in [3.05, 3.63) is 65.5 Å². The number of aryl methyl sites for hydroxylation is 2. The summed E-state index contributed by atoms with van der Waals surface area (Å²) >= 11 is 0. The number of nitrogens with zero attached hydrogens (tertiary/aromatic N) is 3. The van der Waals surface area contributed by atoms with Crippen molar-refractivity contribution in [1.82, 2.24) is 14.4 Å². The molecule has 0 unspecified atom stereocenters. The summed E-state index contributed by atoms with van der Waals surface area (Å²) < 4.78 is 74.7. The van der Waals surface area contributed by atoms with E-state index in [1.807, 2.05) is 13.8 Å². The van der Waals surface area contributed by atoms with Crippen LogP contribution in [0.2, 0.25) is 0 Å². The van der Waals surface area contributed by atoms with Gasteiger partial charge in [0.2, 0.25) is 10.0 Å². The monoisotopic (exact) mass is 706 g/mol. The van der Waals surface area contributed by atoms with E-state index in [1.54, 1.807) is 31.2 Å². The van der Waals surface area contributed by atoms with E-state index in [1.165, 1.54) is 54.4 Å². The van der Waals surface area contributed by atoms with Gasteiger partial charge in [0.1, 0.15) is 11.4 Å². The third kappa shape index (κ3) is 8.74. The number of nitrogens with one attached hydrogen (secondary N) is 1. The number of benzene rings is 2. The van der Waals surface area contributed by atoms with E-state index < -0.39 is 38.1 Å². The molecule has 15 heteroatoms. The van der Waals surface area contributed by atoms with Crippen molar-refractivity contribution in [2.24, 2.45) is 5.92 Å². The maximum atomic E-state index is 14.4. The molecule has 1 aliphatic heterocycles. The van der Waals surface area contributed by atoms with Gasteiger partial charge in [-0.2, -0.15) is 4.31 Å². The number of sulfonamides is 2. The Kier molecular flexibility index (Phi) is 12.3. The Labute approximate surface area is 283 Å². The highest BCUT2D eigenvalue weighted by Crippen LogP contribution is 2.30. The minimum Gasteiger partial charge on any atom is -0.490 e. The Balaban J connectivity index is 1.69. The third-order valence-electron chi connectivity index (χ3n) is 8.43. The van der Waals surface area contributed by atoms with Crippen LogP contribution >= 0.6 is 0 Å². The second-order valence-electron chi connectivity index (χ2n) is 12.4. The first-order valence-electron chi connectivity index (χ1n) is 16.0. The summed E-state index contributed by atoms with van der Waals surface area (Å²) in [6.45, 7) is 8.66. The number of ether oxygens (including phenoxy) is 2. The fourth-order valence-corrected chi connectivity index (χ4v) is 8.22. The standard InChI is InChI=1S/C33H46N4O9S2/c1-22-19-37(23(2)21-38)33(39)29-18-27(35-47(40,41)32-25(4)34-46-26(32)5)15-16-30(29)45-24(3)12-10-11-17-44-31(22)20-36(6)48(42,43)28-13-8-7-9-14-28/h7-9,13-16,18,22-24,31,35,38H,10-12,17,19-21H2,1-6H3/t22-,23-,24+,31+/m0/s1. The maximum absolute atomic E-state index is 14.4.